The van der Waals surface area contributed by atoms with Crippen LogP contribution in [0.15, 0.2) is 30.3 Å². The normalized spacial score (nSPS) is 10.6. The van der Waals surface area contributed by atoms with Crippen molar-refractivity contribution >= 4 is 28.1 Å². The molecule has 0 saturated carbocycles. The molecule has 2 aromatic heterocycles. The highest BCUT2D eigenvalue weighted by Gasteiger charge is 2.23. The number of rotatable bonds is 5. The molecule has 0 aliphatic carbocycles. The standard InChI is InChI=1S/C15H14N6O3S/c1-9-13(21(23)24)10(2)20(19-9)8-12(22)16-15-18-17-14(25-15)11-6-4-3-5-7-11/h3-7H,8H2,1-2H3,(H,16,18,22). The largest absolute Gasteiger partial charge is 0.312 e. The van der Waals surface area contributed by atoms with Gasteiger partial charge in [-0.3, -0.25) is 24.9 Å². The van der Waals surface area contributed by atoms with Gasteiger partial charge in [0.1, 0.15) is 22.9 Å². The zero-order valence-corrected chi connectivity index (χ0v) is 14.3. The molecule has 1 aromatic carbocycles. The van der Waals surface area contributed by atoms with Crippen molar-refractivity contribution in [2.24, 2.45) is 0 Å². The summed E-state index contributed by atoms with van der Waals surface area (Å²) in [4.78, 5) is 22.7. The lowest BCUT2D eigenvalue weighted by Gasteiger charge is -2.03. The van der Waals surface area contributed by atoms with Crippen molar-refractivity contribution in [3.8, 4) is 10.6 Å². The number of amides is 1. The monoisotopic (exact) mass is 358 g/mol. The summed E-state index contributed by atoms with van der Waals surface area (Å²) < 4.78 is 1.31. The van der Waals surface area contributed by atoms with E-state index in [0.717, 1.165) is 5.56 Å². The number of nitro groups is 1. The van der Waals surface area contributed by atoms with Crippen LogP contribution in [0.2, 0.25) is 0 Å². The van der Waals surface area contributed by atoms with Crippen LogP contribution in [0.3, 0.4) is 0 Å². The smallest absolute Gasteiger partial charge is 0.299 e. The van der Waals surface area contributed by atoms with Crippen LogP contribution in [-0.2, 0) is 11.3 Å². The minimum Gasteiger partial charge on any atom is -0.299 e. The molecule has 25 heavy (non-hydrogen) atoms. The van der Waals surface area contributed by atoms with Gasteiger partial charge in [-0.1, -0.05) is 41.7 Å². The molecular weight excluding hydrogens is 344 g/mol. The number of hydrogen-bond donors (Lipinski definition) is 1. The third-order valence-corrected chi connectivity index (χ3v) is 4.40. The van der Waals surface area contributed by atoms with Crippen LogP contribution in [0.1, 0.15) is 11.4 Å². The zero-order chi connectivity index (χ0) is 18.0. The van der Waals surface area contributed by atoms with Crippen molar-refractivity contribution in [1.82, 2.24) is 20.0 Å². The number of nitrogens with zero attached hydrogens (tertiary/aromatic N) is 5. The number of aromatic nitrogens is 4. The molecule has 1 N–H and O–H groups in total. The number of anilines is 1. The summed E-state index contributed by atoms with van der Waals surface area (Å²) in [6.07, 6.45) is 0. The highest BCUT2D eigenvalue weighted by atomic mass is 32.1. The first-order chi connectivity index (χ1) is 12.0. The molecule has 0 bridgehead atoms. The molecule has 0 saturated heterocycles. The summed E-state index contributed by atoms with van der Waals surface area (Å²) in [5.41, 5.74) is 1.45. The summed E-state index contributed by atoms with van der Waals surface area (Å²) in [6, 6.07) is 9.50. The van der Waals surface area contributed by atoms with Crippen LogP contribution >= 0.6 is 11.3 Å². The fraction of sp³-hybridized carbons (Fsp3) is 0.200. The fourth-order valence-corrected chi connectivity index (χ4v) is 3.14. The second kappa shape index (κ2) is 6.77. The van der Waals surface area contributed by atoms with Crippen LogP contribution in [0, 0.1) is 24.0 Å². The van der Waals surface area contributed by atoms with E-state index in [0.29, 0.717) is 15.8 Å². The lowest BCUT2D eigenvalue weighted by atomic mass is 10.2. The first kappa shape index (κ1) is 16.7. The Hall–Kier alpha value is -3.14. The quantitative estimate of drug-likeness (QED) is 0.553. The second-order valence-electron chi connectivity index (χ2n) is 5.26. The number of carbonyl (C=O) groups excluding carboxylic acids is 1. The van der Waals surface area contributed by atoms with Gasteiger partial charge in [-0.15, -0.1) is 10.2 Å². The predicted molar refractivity (Wildman–Crippen MR) is 92.3 cm³/mol. The Morgan fingerprint density at radius 1 is 1.28 bits per heavy atom. The van der Waals surface area contributed by atoms with Gasteiger partial charge in [0.05, 0.1) is 4.92 Å². The van der Waals surface area contributed by atoms with E-state index in [-0.39, 0.29) is 23.8 Å². The van der Waals surface area contributed by atoms with Crippen LogP contribution in [0.4, 0.5) is 10.8 Å². The van der Waals surface area contributed by atoms with Crippen LogP contribution in [0.5, 0.6) is 0 Å². The van der Waals surface area contributed by atoms with Crippen molar-refractivity contribution in [1.29, 1.82) is 0 Å². The van der Waals surface area contributed by atoms with Gasteiger partial charge in [-0.25, -0.2) is 0 Å². The Kier molecular flexibility index (Phi) is 4.52. The molecule has 3 rings (SSSR count). The molecule has 0 atom stereocenters. The SMILES string of the molecule is Cc1nn(CC(=O)Nc2nnc(-c3ccccc3)s2)c(C)c1[N+](=O)[O-]. The minimum absolute atomic E-state index is 0.0740. The Morgan fingerprint density at radius 3 is 2.64 bits per heavy atom. The molecule has 9 nitrogen and oxygen atoms in total. The molecule has 0 spiro atoms. The van der Waals surface area contributed by atoms with Gasteiger partial charge < -0.3 is 0 Å². The molecule has 0 aliphatic rings. The number of carbonyl (C=O) groups is 1. The first-order valence-electron chi connectivity index (χ1n) is 7.33. The van der Waals surface area contributed by atoms with Gasteiger partial charge in [0, 0.05) is 5.56 Å². The highest BCUT2D eigenvalue weighted by molar-refractivity contribution is 7.18. The fourth-order valence-electron chi connectivity index (χ4n) is 2.37. The lowest BCUT2D eigenvalue weighted by Crippen LogP contribution is -2.20. The van der Waals surface area contributed by atoms with Crippen molar-refractivity contribution in [3.63, 3.8) is 0 Å². The number of nitrogens with one attached hydrogen (secondary N) is 1. The third kappa shape index (κ3) is 3.53. The minimum atomic E-state index is -0.497. The Balaban J connectivity index is 1.71. The van der Waals surface area contributed by atoms with Gasteiger partial charge in [-0.2, -0.15) is 5.10 Å². The summed E-state index contributed by atoms with van der Waals surface area (Å²) in [5, 5.41) is 26.7. The van der Waals surface area contributed by atoms with Gasteiger partial charge >= 0.3 is 5.69 Å². The van der Waals surface area contributed by atoms with E-state index in [2.05, 4.69) is 20.6 Å². The average Bonchev–Trinajstić information content (AvgIpc) is 3.13. The second-order valence-corrected chi connectivity index (χ2v) is 6.24. The van der Waals surface area contributed by atoms with E-state index in [9.17, 15) is 14.9 Å². The molecule has 0 aliphatic heterocycles. The molecule has 0 unspecified atom stereocenters. The molecule has 3 aromatic rings. The van der Waals surface area contributed by atoms with E-state index >= 15 is 0 Å². The van der Waals surface area contributed by atoms with Crippen LogP contribution in [0.25, 0.3) is 10.6 Å². The molecule has 0 fully saturated rings. The molecule has 10 heteroatoms. The number of hydrogen-bond acceptors (Lipinski definition) is 7. The average molecular weight is 358 g/mol. The maximum atomic E-state index is 12.2. The predicted octanol–water partition coefficient (Wildman–Crippen LogP) is 2.57. The van der Waals surface area contributed by atoms with Gasteiger partial charge in [0.15, 0.2) is 0 Å². The topological polar surface area (TPSA) is 116 Å². The third-order valence-electron chi connectivity index (χ3n) is 3.51. The summed E-state index contributed by atoms with van der Waals surface area (Å²) in [6.45, 7) is 2.96. The molecular formula is C15H14N6O3S. The summed E-state index contributed by atoms with van der Waals surface area (Å²) >= 11 is 1.25. The van der Waals surface area contributed by atoms with Crippen LogP contribution < -0.4 is 5.32 Å². The first-order valence-corrected chi connectivity index (χ1v) is 8.14. The summed E-state index contributed by atoms with van der Waals surface area (Å²) in [7, 11) is 0. The van der Waals surface area contributed by atoms with Crippen molar-refractivity contribution in [2.45, 2.75) is 20.4 Å². The lowest BCUT2D eigenvalue weighted by molar-refractivity contribution is -0.386. The highest BCUT2D eigenvalue weighted by Crippen LogP contribution is 2.26. The van der Waals surface area contributed by atoms with E-state index < -0.39 is 4.92 Å². The zero-order valence-electron chi connectivity index (χ0n) is 13.5. The Labute approximate surface area is 146 Å². The number of aryl methyl sites for hydroxylation is 1. The molecule has 2 heterocycles. The van der Waals surface area contributed by atoms with Gasteiger partial charge in [0.25, 0.3) is 0 Å². The van der Waals surface area contributed by atoms with Gasteiger partial charge in [-0.05, 0) is 13.8 Å². The Morgan fingerprint density at radius 2 is 2.00 bits per heavy atom. The van der Waals surface area contributed by atoms with Gasteiger partial charge in [0.2, 0.25) is 11.0 Å². The van der Waals surface area contributed by atoms with E-state index in [4.69, 9.17) is 0 Å². The maximum absolute atomic E-state index is 12.2. The van der Waals surface area contributed by atoms with E-state index in [1.54, 1.807) is 6.92 Å². The molecule has 0 radical (unpaired) electrons. The molecule has 1 amide bonds. The molecule has 128 valence electrons. The van der Waals surface area contributed by atoms with Crippen molar-refractivity contribution in [3.05, 3.63) is 51.8 Å². The Bertz CT molecular complexity index is 934. The van der Waals surface area contributed by atoms with E-state index in [1.807, 2.05) is 30.3 Å². The van der Waals surface area contributed by atoms with Crippen molar-refractivity contribution < 1.29 is 9.72 Å². The van der Waals surface area contributed by atoms with Crippen LogP contribution in [-0.4, -0.2) is 30.8 Å². The number of benzene rings is 1. The van der Waals surface area contributed by atoms with Crippen molar-refractivity contribution in [2.75, 3.05) is 5.32 Å². The summed E-state index contributed by atoms with van der Waals surface area (Å²) in [5.74, 6) is -0.378. The maximum Gasteiger partial charge on any atom is 0.312 e. The van der Waals surface area contributed by atoms with E-state index in [1.165, 1.54) is 22.9 Å².